The Bertz CT molecular complexity index is 740. The zero-order chi connectivity index (χ0) is 22.9. The van der Waals surface area contributed by atoms with Gasteiger partial charge in [-0.15, -0.1) is 0 Å². The van der Waals surface area contributed by atoms with Gasteiger partial charge in [-0.1, -0.05) is 31.0 Å². The number of ether oxygens (including phenoxy) is 1. The largest absolute Gasteiger partial charge is 0.493 e. The Hall–Kier alpha value is -2.08. The molecular formula is C27H41N3O3. The number of amides is 2. The minimum absolute atomic E-state index is 0.0418. The third-order valence-corrected chi connectivity index (χ3v) is 7.59. The van der Waals surface area contributed by atoms with E-state index in [0.717, 1.165) is 57.0 Å². The van der Waals surface area contributed by atoms with Crippen molar-refractivity contribution >= 4 is 11.8 Å². The van der Waals surface area contributed by atoms with Crippen molar-refractivity contribution in [3.8, 4) is 5.75 Å². The third kappa shape index (κ3) is 7.20. The number of benzene rings is 1. The Balaban J connectivity index is 1.18. The van der Waals surface area contributed by atoms with E-state index in [1.807, 2.05) is 35.2 Å². The van der Waals surface area contributed by atoms with Crippen LogP contribution in [-0.2, 0) is 9.59 Å². The second-order valence-electron chi connectivity index (χ2n) is 10.1. The molecule has 3 heterocycles. The lowest BCUT2D eigenvalue weighted by Gasteiger charge is -2.38. The molecule has 0 aromatic heterocycles. The molecule has 1 atom stereocenters. The summed E-state index contributed by atoms with van der Waals surface area (Å²) in [6.07, 6.45) is 9.85. The molecule has 0 spiro atoms. The molecule has 1 aromatic carbocycles. The lowest BCUT2D eigenvalue weighted by Crippen LogP contribution is -2.49. The third-order valence-electron chi connectivity index (χ3n) is 7.59. The van der Waals surface area contributed by atoms with E-state index < -0.39 is 0 Å². The van der Waals surface area contributed by atoms with E-state index in [2.05, 4.69) is 9.80 Å². The first-order chi connectivity index (χ1) is 16.2. The van der Waals surface area contributed by atoms with Crippen molar-refractivity contribution < 1.29 is 14.3 Å². The minimum atomic E-state index is -0.0418. The van der Waals surface area contributed by atoms with E-state index in [-0.39, 0.29) is 17.7 Å². The zero-order valence-corrected chi connectivity index (χ0v) is 20.1. The summed E-state index contributed by atoms with van der Waals surface area (Å²) in [6.45, 7) is 7.17. The lowest BCUT2D eigenvalue weighted by atomic mass is 9.92. The molecule has 0 radical (unpaired) electrons. The van der Waals surface area contributed by atoms with Gasteiger partial charge < -0.3 is 19.4 Å². The number of carbonyl (C=O) groups excluding carboxylic acids is 2. The monoisotopic (exact) mass is 455 g/mol. The molecular weight excluding hydrogens is 414 g/mol. The highest BCUT2D eigenvalue weighted by molar-refractivity contribution is 5.81. The standard InChI is InChI=1S/C27H41N3O3/c31-26(14-20-33-25-10-4-3-5-11-25)30-17-8-9-24(22-30)27(32)29-18-12-23(13-19-29)21-28-15-6-1-2-7-16-28/h3-5,10-11,23-24H,1-2,6-9,12-22H2. The van der Waals surface area contributed by atoms with Crippen LogP contribution in [0.1, 0.15) is 57.8 Å². The van der Waals surface area contributed by atoms with Gasteiger partial charge in [0.15, 0.2) is 0 Å². The smallest absolute Gasteiger partial charge is 0.227 e. The Labute approximate surface area is 199 Å². The quantitative estimate of drug-likeness (QED) is 0.627. The fraction of sp³-hybridized carbons (Fsp3) is 0.704. The molecule has 6 nitrogen and oxygen atoms in total. The first-order valence-corrected chi connectivity index (χ1v) is 13.2. The maximum absolute atomic E-state index is 13.2. The number of hydrogen-bond acceptors (Lipinski definition) is 4. The van der Waals surface area contributed by atoms with E-state index in [0.29, 0.717) is 19.6 Å². The Morgan fingerprint density at radius 1 is 0.818 bits per heavy atom. The van der Waals surface area contributed by atoms with E-state index in [4.69, 9.17) is 4.74 Å². The number of likely N-dealkylation sites (tertiary alicyclic amines) is 3. The zero-order valence-electron chi connectivity index (χ0n) is 20.1. The van der Waals surface area contributed by atoms with Gasteiger partial charge >= 0.3 is 0 Å². The fourth-order valence-electron chi connectivity index (χ4n) is 5.61. The first kappa shape index (κ1) is 24.1. The molecule has 0 bridgehead atoms. The number of carbonyl (C=O) groups is 2. The Kier molecular flexibility index (Phi) is 9.04. The SMILES string of the molecule is O=C(CCOc1ccccc1)N1CCCC(C(=O)N2CCC(CN3CCCCCC3)CC2)C1. The van der Waals surface area contributed by atoms with Gasteiger partial charge in [-0.25, -0.2) is 0 Å². The molecule has 2 amide bonds. The number of rotatable bonds is 7. The molecule has 3 saturated heterocycles. The van der Waals surface area contributed by atoms with Gasteiger partial charge in [-0.3, -0.25) is 9.59 Å². The molecule has 4 rings (SSSR count). The predicted molar refractivity (Wildman–Crippen MR) is 130 cm³/mol. The second kappa shape index (κ2) is 12.4. The average molecular weight is 456 g/mol. The molecule has 0 saturated carbocycles. The normalized spacial score (nSPS) is 23.2. The van der Waals surface area contributed by atoms with Crippen molar-refractivity contribution in [2.45, 2.75) is 57.8 Å². The number of hydrogen-bond donors (Lipinski definition) is 0. The second-order valence-corrected chi connectivity index (χ2v) is 10.1. The van der Waals surface area contributed by atoms with Crippen LogP contribution in [-0.4, -0.2) is 78.9 Å². The minimum Gasteiger partial charge on any atom is -0.493 e. The van der Waals surface area contributed by atoms with Gasteiger partial charge in [0.05, 0.1) is 18.9 Å². The van der Waals surface area contributed by atoms with Gasteiger partial charge in [0.1, 0.15) is 5.75 Å². The molecule has 0 N–H and O–H groups in total. The van der Waals surface area contributed by atoms with Crippen molar-refractivity contribution in [1.82, 2.24) is 14.7 Å². The summed E-state index contributed by atoms with van der Waals surface area (Å²) in [7, 11) is 0. The van der Waals surface area contributed by atoms with Crippen molar-refractivity contribution in [3.63, 3.8) is 0 Å². The average Bonchev–Trinajstić information content (AvgIpc) is 3.13. The lowest BCUT2D eigenvalue weighted by molar-refractivity contribution is -0.142. The highest BCUT2D eigenvalue weighted by atomic mass is 16.5. The summed E-state index contributed by atoms with van der Waals surface area (Å²) in [5, 5.41) is 0. The molecule has 182 valence electrons. The molecule has 6 heteroatoms. The van der Waals surface area contributed by atoms with Crippen LogP contribution in [0.15, 0.2) is 30.3 Å². The highest BCUT2D eigenvalue weighted by Gasteiger charge is 2.33. The predicted octanol–water partition coefficient (Wildman–Crippen LogP) is 3.81. The van der Waals surface area contributed by atoms with Crippen LogP contribution >= 0.6 is 0 Å². The van der Waals surface area contributed by atoms with Crippen molar-refractivity contribution in [2.75, 3.05) is 52.4 Å². The first-order valence-electron chi connectivity index (χ1n) is 13.2. The fourth-order valence-corrected chi connectivity index (χ4v) is 5.61. The van der Waals surface area contributed by atoms with Crippen LogP contribution in [0.3, 0.4) is 0 Å². The maximum atomic E-state index is 13.2. The van der Waals surface area contributed by atoms with Crippen LogP contribution in [0.2, 0.25) is 0 Å². The molecule has 1 aromatic rings. The van der Waals surface area contributed by atoms with E-state index in [9.17, 15) is 9.59 Å². The van der Waals surface area contributed by atoms with Crippen molar-refractivity contribution in [3.05, 3.63) is 30.3 Å². The van der Waals surface area contributed by atoms with Gasteiger partial charge in [-0.2, -0.15) is 0 Å². The topological polar surface area (TPSA) is 53.1 Å². The van der Waals surface area contributed by atoms with Crippen LogP contribution in [0.4, 0.5) is 0 Å². The van der Waals surface area contributed by atoms with Gasteiger partial charge in [0, 0.05) is 32.7 Å². The maximum Gasteiger partial charge on any atom is 0.227 e. The number of piperidine rings is 2. The summed E-state index contributed by atoms with van der Waals surface area (Å²) in [4.78, 5) is 32.5. The number of nitrogens with zero attached hydrogens (tertiary/aromatic N) is 3. The van der Waals surface area contributed by atoms with Crippen LogP contribution in [0, 0.1) is 11.8 Å². The van der Waals surface area contributed by atoms with E-state index in [1.54, 1.807) is 0 Å². The summed E-state index contributed by atoms with van der Waals surface area (Å²) < 4.78 is 5.68. The molecule has 3 fully saturated rings. The number of para-hydroxylation sites is 1. The van der Waals surface area contributed by atoms with Crippen LogP contribution in [0.25, 0.3) is 0 Å². The van der Waals surface area contributed by atoms with Crippen LogP contribution < -0.4 is 4.74 Å². The molecule has 33 heavy (non-hydrogen) atoms. The van der Waals surface area contributed by atoms with E-state index in [1.165, 1.54) is 45.3 Å². The van der Waals surface area contributed by atoms with Gasteiger partial charge in [0.25, 0.3) is 0 Å². The summed E-state index contributed by atoms with van der Waals surface area (Å²) in [5.74, 6) is 1.83. The Morgan fingerprint density at radius 3 is 2.27 bits per heavy atom. The molecule has 0 aliphatic carbocycles. The van der Waals surface area contributed by atoms with Crippen LogP contribution in [0.5, 0.6) is 5.75 Å². The highest BCUT2D eigenvalue weighted by Crippen LogP contribution is 2.25. The van der Waals surface area contributed by atoms with Crippen molar-refractivity contribution in [2.24, 2.45) is 11.8 Å². The summed E-state index contributed by atoms with van der Waals surface area (Å²) in [6, 6.07) is 9.60. The van der Waals surface area contributed by atoms with E-state index >= 15 is 0 Å². The van der Waals surface area contributed by atoms with Crippen molar-refractivity contribution in [1.29, 1.82) is 0 Å². The summed E-state index contributed by atoms with van der Waals surface area (Å²) in [5.41, 5.74) is 0. The molecule has 3 aliphatic heterocycles. The molecule has 3 aliphatic rings. The molecule has 1 unspecified atom stereocenters. The van der Waals surface area contributed by atoms with Gasteiger partial charge in [0.2, 0.25) is 11.8 Å². The Morgan fingerprint density at radius 2 is 1.55 bits per heavy atom. The van der Waals surface area contributed by atoms with Gasteiger partial charge in [-0.05, 0) is 69.7 Å². The summed E-state index contributed by atoms with van der Waals surface area (Å²) >= 11 is 0.